The summed E-state index contributed by atoms with van der Waals surface area (Å²) in [5, 5.41) is 0. The molecule has 0 saturated heterocycles. The molecule has 7 heteroatoms. The molecular formula is C13H12BrN5O. The van der Waals surface area contributed by atoms with E-state index in [1.54, 1.807) is 23.0 Å². The first-order valence-electron chi connectivity index (χ1n) is 5.91. The van der Waals surface area contributed by atoms with Crippen molar-refractivity contribution in [1.82, 2.24) is 14.4 Å². The summed E-state index contributed by atoms with van der Waals surface area (Å²) in [5.74, 6) is 6.96. The van der Waals surface area contributed by atoms with Crippen LogP contribution in [0.1, 0.15) is 5.56 Å². The summed E-state index contributed by atoms with van der Waals surface area (Å²) in [6.45, 7) is 2.01. The summed E-state index contributed by atoms with van der Waals surface area (Å²) in [6, 6.07) is 5.82. The Labute approximate surface area is 123 Å². The minimum absolute atomic E-state index is 0.384. The summed E-state index contributed by atoms with van der Waals surface area (Å²) in [5.41, 5.74) is 4.27. The fraction of sp³-hybridized carbons (Fsp3) is 0.0769. The molecule has 3 rings (SSSR count). The van der Waals surface area contributed by atoms with E-state index < -0.39 is 0 Å². The van der Waals surface area contributed by atoms with Gasteiger partial charge in [-0.05, 0) is 40.5 Å². The molecule has 0 saturated carbocycles. The molecule has 0 bridgehead atoms. The van der Waals surface area contributed by atoms with Gasteiger partial charge in [-0.2, -0.15) is 4.98 Å². The van der Waals surface area contributed by atoms with Gasteiger partial charge in [0.05, 0.1) is 10.7 Å². The van der Waals surface area contributed by atoms with E-state index in [1.165, 1.54) is 0 Å². The molecule has 20 heavy (non-hydrogen) atoms. The molecule has 6 nitrogen and oxygen atoms in total. The third-order valence-corrected chi connectivity index (χ3v) is 3.40. The highest BCUT2D eigenvalue weighted by molar-refractivity contribution is 9.10. The van der Waals surface area contributed by atoms with Crippen LogP contribution < -0.4 is 16.0 Å². The Morgan fingerprint density at radius 3 is 3.00 bits per heavy atom. The van der Waals surface area contributed by atoms with Crippen molar-refractivity contribution in [3.05, 3.63) is 46.8 Å². The van der Waals surface area contributed by atoms with E-state index in [1.807, 2.05) is 25.1 Å². The van der Waals surface area contributed by atoms with Gasteiger partial charge in [-0.3, -0.25) is 4.40 Å². The van der Waals surface area contributed by atoms with Crippen LogP contribution >= 0.6 is 15.9 Å². The number of fused-ring (bicyclic) bond motifs is 1. The summed E-state index contributed by atoms with van der Waals surface area (Å²) < 4.78 is 8.49. The lowest BCUT2D eigenvalue weighted by Crippen LogP contribution is -2.10. The van der Waals surface area contributed by atoms with Gasteiger partial charge in [0.25, 0.3) is 5.88 Å². The highest BCUT2D eigenvalue weighted by atomic mass is 79.9. The Kier molecular flexibility index (Phi) is 3.29. The van der Waals surface area contributed by atoms with Crippen LogP contribution in [-0.4, -0.2) is 14.4 Å². The van der Waals surface area contributed by atoms with Gasteiger partial charge >= 0.3 is 0 Å². The van der Waals surface area contributed by atoms with Gasteiger partial charge in [0.2, 0.25) is 5.65 Å². The quantitative estimate of drug-likeness (QED) is 0.569. The third kappa shape index (κ3) is 2.33. The van der Waals surface area contributed by atoms with Crippen molar-refractivity contribution in [1.29, 1.82) is 0 Å². The zero-order chi connectivity index (χ0) is 14.1. The van der Waals surface area contributed by atoms with Gasteiger partial charge in [0, 0.05) is 12.4 Å². The lowest BCUT2D eigenvalue weighted by Gasteiger charge is -2.10. The predicted molar refractivity (Wildman–Crippen MR) is 79.8 cm³/mol. The number of ether oxygens (including phenoxy) is 1. The van der Waals surface area contributed by atoms with Gasteiger partial charge in [0.1, 0.15) is 5.75 Å². The maximum atomic E-state index is 5.84. The summed E-state index contributed by atoms with van der Waals surface area (Å²) in [4.78, 5) is 8.52. The summed E-state index contributed by atoms with van der Waals surface area (Å²) >= 11 is 3.47. The van der Waals surface area contributed by atoms with E-state index in [9.17, 15) is 0 Å². The minimum atomic E-state index is 0.384. The van der Waals surface area contributed by atoms with Crippen molar-refractivity contribution in [2.45, 2.75) is 6.92 Å². The number of nitrogens with two attached hydrogens (primary N) is 1. The molecule has 0 unspecified atom stereocenters. The van der Waals surface area contributed by atoms with E-state index in [0.29, 0.717) is 23.1 Å². The van der Waals surface area contributed by atoms with Crippen molar-refractivity contribution < 1.29 is 4.74 Å². The number of rotatable bonds is 3. The predicted octanol–water partition coefficient (Wildman–Crippen LogP) is 2.88. The maximum absolute atomic E-state index is 5.84. The van der Waals surface area contributed by atoms with Crippen LogP contribution in [0.4, 0.5) is 5.82 Å². The SMILES string of the molecule is Cc1ccc(Oc2nc(NN)cn3ccnc23)c(Br)c1. The Hall–Kier alpha value is -2.12. The molecule has 3 aromatic rings. The normalized spacial score (nSPS) is 10.8. The second kappa shape index (κ2) is 5.10. The molecule has 0 spiro atoms. The number of aromatic nitrogens is 3. The number of nitrogens with one attached hydrogen (secondary N) is 1. The largest absolute Gasteiger partial charge is 0.435 e. The zero-order valence-corrected chi connectivity index (χ0v) is 12.3. The average Bonchev–Trinajstić information content (AvgIpc) is 2.90. The first kappa shape index (κ1) is 12.9. The number of hydrazine groups is 1. The summed E-state index contributed by atoms with van der Waals surface area (Å²) in [6.07, 6.45) is 5.21. The number of nitrogens with zero attached hydrogens (tertiary/aromatic N) is 3. The first-order chi connectivity index (χ1) is 9.67. The van der Waals surface area contributed by atoms with Gasteiger partial charge in [0.15, 0.2) is 5.82 Å². The number of imidazole rings is 1. The highest BCUT2D eigenvalue weighted by Crippen LogP contribution is 2.31. The van der Waals surface area contributed by atoms with Crippen LogP contribution in [-0.2, 0) is 0 Å². The van der Waals surface area contributed by atoms with E-state index in [0.717, 1.165) is 10.0 Å². The van der Waals surface area contributed by atoms with Crippen LogP contribution in [0.2, 0.25) is 0 Å². The summed E-state index contributed by atoms with van der Waals surface area (Å²) in [7, 11) is 0. The number of anilines is 1. The van der Waals surface area contributed by atoms with Crippen molar-refractivity contribution in [2.24, 2.45) is 5.84 Å². The topological polar surface area (TPSA) is 77.5 Å². The Morgan fingerprint density at radius 2 is 2.25 bits per heavy atom. The molecule has 2 aromatic heterocycles. The van der Waals surface area contributed by atoms with Gasteiger partial charge in [-0.1, -0.05) is 6.07 Å². The highest BCUT2D eigenvalue weighted by Gasteiger charge is 2.11. The molecule has 102 valence electrons. The monoisotopic (exact) mass is 333 g/mol. The number of hydrogen-bond donors (Lipinski definition) is 2. The zero-order valence-electron chi connectivity index (χ0n) is 10.7. The van der Waals surface area contributed by atoms with Crippen molar-refractivity contribution in [3.8, 4) is 11.6 Å². The smallest absolute Gasteiger partial charge is 0.265 e. The first-order valence-corrected chi connectivity index (χ1v) is 6.71. The fourth-order valence-electron chi connectivity index (χ4n) is 1.83. The lowest BCUT2D eigenvalue weighted by atomic mass is 10.2. The Balaban J connectivity index is 2.07. The van der Waals surface area contributed by atoms with E-state index in [2.05, 4.69) is 31.3 Å². The van der Waals surface area contributed by atoms with Crippen molar-refractivity contribution >= 4 is 27.4 Å². The second-order valence-electron chi connectivity index (χ2n) is 4.27. The molecular weight excluding hydrogens is 322 g/mol. The molecule has 1 aromatic carbocycles. The molecule has 2 heterocycles. The van der Waals surface area contributed by atoms with Crippen LogP contribution in [0.15, 0.2) is 41.3 Å². The molecule has 0 radical (unpaired) electrons. The number of benzene rings is 1. The lowest BCUT2D eigenvalue weighted by molar-refractivity contribution is 0.462. The maximum Gasteiger partial charge on any atom is 0.265 e. The molecule has 3 N–H and O–H groups in total. The minimum Gasteiger partial charge on any atom is -0.435 e. The van der Waals surface area contributed by atoms with Crippen molar-refractivity contribution in [3.63, 3.8) is 0 Å². The number of hydrogen-bond acceptors (Lipinski definition) is 5. The van der Waals surface area contributed by atoms with Gasteiger partial charge in [-0.15, -0.1) is 0 Å². The van der Waals surface area contributed by atoms with Crippen LogP contribution in [0.5, 0.6) is 11.6 Å². The fourth-order valence-corrected chi connectivity index (χ4v) is 2.41. The average molecular weight is 334 g/mol. The van der Waals surface area contributed by atoms with E-state index in [-0.39, 0.29) is 0 Å². The van der Waals surface area contributed by atoms with E-state index in [4.69, 9.17) is 10.6 Å². The molecule has 0 aliphatic rings. The standard InChI is InChI=1S/C13H12BrN5O/c1-8-2-3-10(9(14)6-8)20-13-12-16-4-5-19(12)7-11(17-13)18-15/h2-7,18H,15H2,1H3. The van der Waals surface area contributed by atoms with Crippen LogP contribution in [0, 0.1) is 6.92 Å². The van der Waals surface area contributed by atoms with Gasteiger partial charge < -0.3 is 10.2 Å². The van der Waals surface area contributed by atoms with Gasteiger partial charge in [-0.25, -0.2) is 10.8 Å². The molecule has 0 amide bonds. The molecule has 0 atom stereocenters. The third-order valence-electron chi connectivity index (χ3n) is 2.79. The second-order valence-corrected chi connectivity index (χ2v) is 5.12. The Morgan fingerprint density at radius 1 is 1.40 bits per heavy atom. The Bertz CT molecular complexity index is 771. The molecule has 0 aliphatic heterocycles. The molecule has 0 aliphatic carbocycles. The van der Waals surface area contributed by atoms with Crippen LogP contribution in [0.3, 0.4) is 0 Å². The van der Waals surface area contributed by atoms with Crippen LogP contribution in [0.25, 0.3) is 5.65 Å². The number of nitrogen functional groups attached to an aromatic ring is 1. The number of halogens is 1. The number of aryl methyl sites for hydroxylation is 1. The molecule has 0 fully saturated rings. The van der Waals surface area contributed by atoms with Crippen molar-refractivity contribution in [2.75, 3.05) is 5.43 Å². The van der Waals surface area contributed by atoms with E-state index >= 15 is 0 Å².